The van der Waals surface area contributed by atoms with Crippen molar-refractivity contribution in [1.29, 1.82) is 0 Å². The summed E-state index contributed by atoms with van der Waals surface area (Å²) in [5.41, 5.74) is 7.44. The molecular formula is C19H22F2N10O2. The summed E-state index contributed by atoms with van der Waals surface area (Å²) in [7, 11) is 5.48. The van der Waals surface area contributed by atoms with Crippen LogP contribution in [0.15, 0.2) is 28.6 Å². The molecule has 0 fully saturated rings. The number of pyridine rings is 1. The fraction of sp³-hybridized carbons (Fsp3) is 0.263. The molecule has 1 aliphatic rings. The summed E-state index contributed by atoms with van der Waals surface area (Å²) in [6, 6.07) is 1.13. The number of aliphatic imine (C=N–C) groups is 1. The number of hydrazine groups is 1. The van der Waals surface area contributed by atoms with E-state index in [2.05, 4.69) is 25.3 Å². The summed E-state index contributed by atoms with van der Waals surface area (Å²) >= 11 is 0. The maximum atomic E-state index is 15.4. The third-order valence-corrected chi connectivity index (χ3v) is 5.03. The Labute approximate surface area is 187 Å². The Balaban J connectivity index is 2.02. The van der Waals surface area contributed by atoms with Crippen molar-refractivity contribution >= 4 is 34.3 Å². The van der Waals surface area contributed by atoms with Crippen LogP contribution < -0.4 is 30.8 Å². The Kier molecular flexibility index (Phi) is 5.59. The van der Waals surface area contributed by atoms with E-state index in [4.69, 9.17) is 21.1 Å². The third kappa shape index (κ3) is 3.49. The number of nitrogens with two attached hydrogens (primary N) is 2. The van der Waals surface area contributed by atoms with Crippen molar-refractivity contribution in [1.82, 2.24) is 20.3 Å². The first-order valence-corrected chi connectivity index (χ1v) is 9.60. The number of hydrogen-bond donors (Lipinski definition) is 3. The molecule has 4 rings (SSSR count). The molecule has 2 aromatic heterocycles. The number of fused-ring (bicyclic) bond motifs is 3. The Bertz CT molecular complexity index is 1240. The molecule has 0 radical (unpaired) electrons. The molecule has 0 bridgehead atoms. The van der Waals surface area contributed by atoms with Crippen LogP contribution >= 0.6 is 0 Å². The number of aromatic amines is 1. The third-order valence-electron chi connectivity index (χ3n) is 5.03. The van der Waals surface area contributed by atoms with Crippen LogP contribution in [0.1, 0.15) is 5.56 Å². The molecule has 0 amide bonds. The first-order valence-electron chi connectivity index (χ1n) is 9.60. The van der Waals surface area contributed by atoms with Crippen LogP contribution in [0.2, 0.25) is 0 Å². The Morgan fingerprint density at radius 1 is 1.18 bits per heavy atom. The van der Waals surface area contributed by atoms with Gasteiger partial charge in [-0.05, 0) is 0 Å². The molecular weight excluding hydrogens is 438 g/mol. The summed E-state index contributed by atoms with van der Waals surface area (Å²) in [5, 5.41) is 12.5. The van der Waals surface area contributed by atoms with Gasteiger partial charge in [0.05, 0.1) is 38.0 Å². The Morgan fingerprint density at radius 2 is 1.85 bits per heavy atom. The number of rotatable bonds is 4. The molecule has 0 unspecified atom stereocenters. The van der Waals surface area contributed by atoms with E-state index in [-0.39, 0.29) is 30.0 Å². The van der Waals surface area contributed by atoms with Crippen molar-refractivity contribution in [2.24, 2.45) is 21.7 Å². The van der Waals surface area contributed by atoms with Gasteiger partial charge in [-0.15, -0.1) is 5.10 Å². The van der Waals surface area contributed by atoms with Crippen molar-refractivity contribution < 1.29 is 18.3 Å². The lowest BCUT2D eigenvalue weighted by molar-refractivity contribution is 0.359. The van der Waals surface area contributed by atoms with Crippen LogP contribution in [0.3, 0.4) is 0 Å². The van der Waals surface area contributed by atoms with Crippen molar-refractivity contribution in [3.05, 3.63) is 35.7 Å². The smallest absolute Gasteiger partial charge is 0.227 e. The van der Waals surface area contributed by atoms with Crippen molar-refractivity contribution in [3.8, 4) is 11.5 Å². The number of nitrogens with zero attached hydrogens (tertiary/aromatic N) is 7. The highest BCUT2D eigenvalue weighted by molar-refractivity contribution is 6.26. The number of H-pyrrole nitrogens is 1. The summed E-state index contributed by atoms with van der Waals surface area (Å²) in [6.45, 7) is 0.00251. The standard InChI is InChI=1S/C19H22F2N10O2/c1-24-19-30(16-13(20)11(32-3)5-12(33-4)14(16)21)8-9-6-25-17-10(7-26-27-17)15(9)31(19)18(22)28-29(2)23/h5-7H,8,23H2,1-4H3,(H2,22,28)(H,25,26,27)/b24-19+. The highest BCUT2D eigenvalue weighted by Gasteiger charge is 2.38. The van der Waals surface area contributed by atoms with Crippen LogP contribution in [0, 0.1) is 11.6 Å². The molecule has 0 atom stereocenters. The van der Waals surface area contributed by atoms with Gasteiger partial charge >= 0.3 is 0 Å². The summed E-state index contributed by atoms with van der Waals surface area (Å²) in [4.78, 5) is 11.3. The quantitative estimate of drug-likeness (QED) is 0.225. The second kappa shape index (κ2) is 8.38. The highest BCUT2D eigenvalue weighted by Crippen LogP contribution is 2.42. The zero-order chi connectivity index (χ0) is 23.9. The maximum Gasteiger partial charge on any atom is 0.227 e. The van der Waals surface area contributed by atoms with Crippen LogP contribution in [0.25, 0.3) is 11.0 Å². The molecule has 5 N–H and O–H groups in total. The van der Waals surface area contributed by atoms with Gasteiger partial charge in [0.25, 0.3) is 0 Å². The number of hydrazone groups is 1. The molecule has 1 aromatic carbocycles. The SMILES string of the molecule is C/N=C1\N(c2c(F)c(OC)cc(OC)c2F)Cc2cnc3[nH]ncc3c2N1/C(N)=N/N(C)N. The monoisotopic (exact) mass is 460 g/mol. The topological polar surface area (TPSA) is 147 Å². The number of aromatic nitrogens is 3. The number of nitrogens with one attached hydrogen (secondary N) is 1. The summed E-state index contributed by atoms with van der Waals surface area (Å²) < 4.78 is 41.0. The van der Waals surface area contributed by atoms with Crippen LogP contribution in [0.4, 0.5) is 20.2 Å². The second-order valence-corrected chi connectivity index (χ2v) is 7.00. The Hall–Kier alpha value is -4.20. The average Bonchev–Trinajstić information content (AvgIpc) is 3.27. The fourth-order valence-corrected chi connectivity index (χ4v) is 3.70. The minimum Gasteiger partial charge on any atom is -0.493 e. The number of hydrogen-bond acceptors (Lipinski definition) is 8. The van der Waals surface area contributed by atoms with Gasteiger partial charge < -0.3 is 20.1 Å². The first-order chi connectivity index (χ1) is 15.8. The van der Waals surface area contributed by atoms with Gasteiger partial charge in [0.15, 0.2) is 28.8 Å². The normalized spacial score (nSPS) is 15.2. The number of guanidine groups is 2. The zero-order valence-corrected chi connectivity index (χ0v) is 18.3. The molecule has 1 aliphatic heterocycles. The molecule has 12 nitrogen and oxygen atoms in total. The van der Waals surface area contributed by atoms with Crippen molar-refractivity contribution in [3.63, 3.8) is 0 Å². The summed E-state index contributed by atoms with van der Waals surface area (Å²) in [6.07, 6.45) is 3.11. The number of anilines is 2. The molecule has 3 aromatic rings. The fourth-order valence-electron chi connectivity index (χ4n) is 3.70. The van der Waals surface area contributed by atoms with E-state index < -0.39 is 17.3 Å². The van der Waals surface area contributed by atoms with Crippen molar-refractivity contribution in [2.75, 3.05) is 38.1 Å². The lowest BCUT2D eigenvalue weighted by atomic mass is 10.1. The maximum absolute atomic E-state index is 15.4. The largest absolute Gasteiger partial charge is 0.493 e. The van der Waals surface area contributed by atoms with Crippen molar-refractivity contribution in [2.45, 2.75) is 6.54 Å². The number of halogens is 2. The zero-order valence-electron chi connectivity index (χ0n) is 18.3. The molecule has 0 spiro atoms. The van der Waals surface area contributed by atoms with E-state index >= 15 is 8.78 Å². The Morgan fingerprint density at radius 3 is 2.42 bits per heavy atom. The van der Waals surface area contributed by atoms with Gasteiger partial charge in [-0.3, -0.25) is 10.1 Å². The molecule has 174 valence electrons. The van der Waals surface area contributed by atoms with Crippen LogP contribution in [-0.4, -0.2) is 60.5 Å². The van der Waals surface area contributed by atoms with Gasteiger partial charge in [-0.25, -0.2) is 29.6 Å². The van der Waals surface area contributed by atoms with E-state index in [1.807, 2.05) is 0 Å². The number of benzene rings is 1. The van der Waals surface area contributed by atoms with E-state index in [1.54, 1.807) is 12.4 Å². The lowest BCUT2D eigenvalue weighted by Crippen LogP contribution is -2.55. The minimum absolute atomic E-state index is 0.00251. The molecule has 14 heteroatoms. The molecule has 3 heterocycles. The van der Waals surface area contributed by atoms with E-state index in [0.29, 0.717) is 22.3 Å². The number of ether oxygens (including phenoxy) is 2. The van der Waals surface area contributed by atoms with Crippen LogP contribution in [-0.2, 0) is 6.54 Å². The minimum atomic E-state index is -0.941. The van der Waals surface area contributed by atoms with Gasteiger partial charge in [-0.1, -0.05) is 0 Å². The molecule has 0 saturated carbocycles. The van der Waals surface area contributed by atoms with Gasteiger partial charge in [0, 0.05) is 31.9 Å². The first kappa shape index (κ1) is 22.0. The van der Waals surface area contributed by atoms with E-state index in [1.165, 1.54) is 38.1 Å². The average molecular weight is 460 g/mol. The highest BCUT2D eigenvalue weighted by atomic mass is 19.1. The molecule has 0 aliphatic carbocycles. The number of methoxy groups -OCH3 is 2. The van der Waals surface area contributed by atoms with Crippen LogP contribution in [0.5, 0.6) is 11.5 Å². The van der Waals surface area contributed by atoms with Gasteiger partial charge in [0.2, 0.25) is 11.9 Å². The molecule has 33 heavy (non-hydrogen) atoms. The predicted molar refractivity (Wildman–Crippen MR) is 119 cm³/mol. The lowest BCUT2D eigenvalue weighted by Gasteiger charge is -2.39. The second-order valence-electron chi connectivity index (χ2n) is 7.00. The van der Waals surface area contributed by atoms with E-state index in [0.717, 1.165) is 11.2 Å². The van der Waals surface area contributed by atoms with Gasteiger partial charge in [-0.2, -0.15) is 5.10 Å². The molecule has 0 saturated heterocycles. The predicted octanol–water partition coefficient (Wildman–Crippen LogP) is 1.10. The van der Waals surface area contributed by atoms with Gasteiger partial charge in [0.1, 0.15) is 5.69 Å². The summed E-state index contributed by atoms with van der Waals surface area (Å²) in [5.74, 6) is 3.35. The van der Waals surface area contributed by atoms with E-state index in [9.17, 15) is 0 Å².